The van der Waals surface area contributed by atoms with Crippen LogP contribution < -0.4 is 10.6 Å². The minimum atomic E-state index is -4.37. The van der Waals surface area contributed by atoms with E-state index < -0.39 is 36.7 Å². The Balaban J connectivity index is 1.82. The highest BCUT2D eigenvalue weighted by Crippen LogP contribution is 2.38. The van der Waals surface area contributed by atoms with Crippen molar-refractivity contribution < 1.29 is 28.7 Å². The van der Waals surface area contributed by atoms with Gasteiger partial charge in [-0.15, -0.1) is 0 Å². The van der Waals surface area contributed by atoms with Gasteiger partial charge >= 0.3 is 13.7 Å². The summed E-state index contributed by atoms with van der Waals surface area (Å²) in [5.74, 6) is 0.406. The van der Waals surface area contributed by atoms with Gasteiger partial charge in [0.15, 0.2) is 0 Å². The SMILES string of the molecule is CC(C)(C)OC(=O)NC(C(=O)Nc1cc(-c2cccc3ccccc23)c2nc(C=CP(=O)(O)O)ccc2c1)C(C)(C)C. The van der Waals surface area contributed by atoms with Crippen LogP contribution in [0, 0.1) is 5.41 Å². The molecule has 0 fully saturated rings. The van der Waals surface area contributed by atoms with Gasteiger partial charge in [0, 0.05) is 22.5 Å². The van der Waals surface area contributed by atoms with E-state index in [0.29, 0.717) is 22.3 Å². The van der Waals surface area contributed by atoms with Crippen molar-refractivity contribution in [3.05, 3.63) is 78.2 Å². The zero-order valence-electron chi connectivity index (χ0n) is 24.5. The summed E-state index contributed by atoms with van der Waals surface area (Å²) >= 11 is 0. The monoisotopic (exact) mass is 589 g/mol. The largest absolute Gasteiger partial charge is 0.444 e. The van der Waals surface area contributed by atoms with Crippen molar-refractivity contribution in [2.75, 3.05) is 5.32 Å². The fraction of sp³-hybridized carbons (Fsp3) is 0.281. The summed E-state index contributed by atoms with van der Waals surface area (Å²) < 4.78 is 16.8. The molecule has 0 saturated heterocycles. The summed E-state index contributed by atoms with van der Waals surface area (Å²) in [7, 11) is -4.37. The quantitative estimate of drug-likeness (QED) is 0.176. The summed E-state index contributed by atoms with van der Waals surface area (Å²) in [5.41, 5.74) is 1.71. The summed E-state index contributed by atoms with van der Waals surface area (Å²) in [4.78, 5) is 49.5. The van der Waals surface area contributed by atoms with E-state index in [1.165, 1.54) is 6.08 Å². The second-order valence-corrected chi connectivity index (χ2v) is 13.7. The van der Waals surface area contributed by atoms with Crippen LogP contribution in [0.25, 0.3) is 38.9 Å². The molecule has 1 aromatic heterocycles. The van der Waals surface area contributed by atoms with Gasteiger partial charge in [0.1, 0.15) is 11.6 Å². The topological polar surface area (TPSA) is 138 Å². The van der Waals surface area contributed by atoms with Crippen LogP contribution >= 0.6 is 7.60 Å². The van der Waals surface area contributed by atoms with E-state index in [2.05, 4.69) is 10.6 Å². The smallest absolute Gasteiger partial charge is 0.408 e. The van der Waals surface area contributed by atoms with Crippen molar-refractivity contribution >= 4 is 53.0 Å². The normalized spacial score (nSPS) is 13.3. The maximum absolute atomic E-state index is 13.6. The number of carbonyl (C=O) groups is 2. The number of aromatic nitrogens is 1. The number of nitrogens with one attached hydrogen (secondary N) is 2. The van der Waals surface area contributed by atoms with Gasteiger partial charge in [-0.2, -0.15) is 0 Å². The third-order valence-corrected chi connectivity index (χ3v) is 6.93. The Bertz CT molecular complexity index is 1730. The molecule has 0 aliphatic rings. The Morgan fingerprint density at radius 3 is 2.26 bits per heavy atom. The fourth-order valence-corrected chi connectivity index (χ4v) is 4.92. The van der Waals surface area contributed by atoms with Crippen LogP contribution in [0.15, 0.2) is 72.5 Å². The molecule has 3 aromatic carbocycles. The maximum Gasteiger partial charge on any atom is 0.408 e. The lowest BCUT2D eigenvalue weighted by molar-refractivity contribution is -0.120. The predicted octanol–water partition coefficient (Wildman–Crippen LogP) is 7.08. The number of amides is 2. The van der Waals surface area contributed by atoms with Crippen LogP contribution in [0.3, 0.4) is 0 Å². The second-order valence-electron chi connectivity index (χ2n) is 12.2. The molecule has 2 amide bonds. The first-order valence-corrected chi connectivity index (χ1v) is 15.2. The highest BCUT2D eigenvalue weighted by molar-refractivity contribution is 7.55. The molecule has 4 N–H and O–H groups in total. The van der Waals surface area contributed by atoms with E-state index in [1.54, 1.807) is 39.0 Å². The van der Waals surface area contributed by atoms with Crippen LogP contribution in [0.4, 0.5) is 10.5 Å². The van der Waals surface area contributed by atoms with Gasteiger partial charge in [0.2, 0.25) is 5.91 Å². The van der Waals surface area contributed by atoms with Crippen LogP contribution in [-0.2, 0) is 14.1 Å². The van der Waals surface area contributed by atoms with Crippen LogP contribution in [-0.4, -0.2) is 38.4 Å². The molecular formula is C32H36N3O6P. The molecule has 1 heterocycles. The number of alkyl carbamates (subject to hydrolysis) is 1. The van der Waals surface area contributed by atoms with E-state index in [4.69, 9.17) is 9.72 Å². The lowest BCUT2D eigenvalue weighted by Crippen LogP contribution is -2.52. The van der Waals surface area contributed by atoms with Crippen molar-refractivity contribution in [2.45, 2.75) is 53.2 Å². The molecule has 1 unspecified atom stereocenters. The Hall–Kier alpha value is -4.04. The molecule has 42 heavy (non-hydrogen) atoms. The van der Waals surface area contributed by atoms with E-state index in [0.717, 1.165) is 27.7 Å². The number of pyridine rings is 1. The first kappa shape index (κ1) is 30.9. The standard InChI is InChI=1S/C32H36N3O6P/c1-31(2,3)28(35-30(37)41-32(4,5)6)29(36)34-23-18-21-14-15-22(16-17-42(38,39)40)33-27(21)26(19-23)25-13-9-11-20-10-7-8-12-24(20)25/h7-19,28H,1-6H3,(H,34,36)(H,35,37)(H2,38,39,40). The number of hydrogen-bond donors (Lipinski definition) is 4. The van der Waals surface area contributed by atoms with Crippen LogP contribution in [0.1, 0.15) is 47.2 Å². The Morgan fingerprint density at radius 1 is 0.905 bits per heavy atom. The molecule has 220 valence electrons. The first-order chi connectivity index (χ1) is 19.5. The van der Waals surface area contributed by atoms with Crippen LogP contribution in [0.5, 0.6) is 0 Å². The number of rotatable bonds is 6. The number of nitrogens with zero attached hydrogens (tertiary/aromatic N) is 1. The van der Waals surface area contributed by atoms with Gasteiger partial charge in [-0.05, 0) is 66.8 Å². The number of ether oxygens (including phenoxy) is 1. The third kappa shape index (κ3) is 7.82. The lowest BCUT2D eigenvalue weighted by Gasteiger charge is -2.31. The third-order valence-electron chi connectivity index (χ3n) is 6.39. The highest BCUT2D eigenvalue weighted by atomic mass is 31.2. The van der Waals surface area contributed by atoms with E-state index in [1.807, 2.05) is 69.3 Å². The zero-order valence-corrected chi connectivity index (χ0v) is 25.4. The minimum Gasteiger partial charge on any atom is -0.444 e. The van der Waals surface area contributed by atoms with Crippen molar-refractivity contribution in [2.24, 2.45) is 5.41 Å². The number of hydrogen-bond acceptors (Lipinski definition) is 5. The highest BCUT2D eigenvalue weighted by Gasteiger charge is 2.34. The van der Waals surface area contributed by atoms with Crippen molar-refractivity contribution in [3.8, 4) is 11.1 Å². The van der Waals surface area contributed by atoms with Crippen LogP contribution in [0.2, 0.25) is 0 Å². The molecule has 4 rings (SSSR count). The molecular weight excluding hydrogens is 553 g/mol. The second kappa shape index (κ2) is 11.7. The number of anilines is 1. The van der Waals surface area contributed by atoms with Crippen molar-refractivity contribution in [1.29, 1.82) is 0 Å². The number of fused-ring (bicyclic) bond motifs is 2. The lowest BCUT2D eigenvalue weighted by atomic mass is 9.86. The average molecular weight is 590 g/mol. The van der Waals surface area contributed by atoms with E-state index >= 15 is 0 Å². The van der Waals surface area contributed by atoms with Gasteiger partial charge in [0.05, 0.1) is 11.2 Å². The summed E-state index contributed by atoms with van der Waals surface area (Å²) in [5, 5.41) is 8.39. The molecule has 0 aliphatic heterocycles. The molecule has 0 saturated carbocycles. The van der Waals surface area contributed by atoms with Crippen molar-refractivity contribution in [3.63, 3.8) is 0 Å². The summed E-state index contributed by atoms with van der Waals surface area (Å²) in [6.45, 7) is 10.8. The number of benzene rings is 3. The van der Waals surface area contributed by atoms with E-state index in [-0.39, 0.29) is 0 Å². The maximum atomic E-state index is 13.6. The van der Waals surface area contributed by atoms with Gasteiger partial charge in [0.25, 0.3) is 0 Å². The first-order valence-electron chi connectivity index (χ1n) is 13.5. The fourth-order valence-electron chi connectivity index (χ4n) is 4.57. The molecule has 0 spiro atoms. The molecule has 1 atom stereocenters. The van der Waals surface area contributed by atoms with Crippen molar-refractivity contribution in [1.82, 2.24) is 10.3 Å². The Kier molecular flexibility index (Phi) is 8.60. The molecule has 0 bridgehead atoms. The molecule has 9 nitrogen and oxygen atoms in total. The minimum absolute atomic E-state index is 0.374. The summed E-state index contributed by atoms with van der Waals surface area (Å²) in [6, 6.07) is 19.9. The van der Waals surface area contributed by atoms with Gasteiger partial charge < -0.3 is 25.2 Å². The molecule has 4 aromatic rings. The van der Waals surface area contributed by atoms with Gasteiger partial charge in [-0.25, -0.2) is 9.78 Å². The Labute approximate surface area is 245 Å². The average Bonchev–Trinajstić information content (AvgIpc) is 2.87. The zero-order chi connectivity index (χ0) is 30.9. The van der Waals surface area contributed by atoms with Gasteiger partial charge in [-0.3, -0.25) is 9.36 Å². The molecule has 0 radical (unpaired) electrons. The Morgan fingerprint density at radius 2 is 1.60 bits per heavy atom. The number of carbonyl (C=O) groups excluding carboxylic acids is 2. The summed E-state index contributed by atoms with van der Waals surface area (Å²) in [6.07, 6.45) is 0.603. The molecule has 10 heteroatoms. The van der Waals surface area contributed by atoms with E-state index in [9.17, 15) is 23.9 Å². The van der Waals surface area contributed by atoms with Gasteiger partial charge in [-0.1, -0.05) is 69.3 Å². The molecule has 0 aliphatic carbocycles. The predicted molar refractivity (Wildman–Crippen MR) is 167 cm³/mol.